The van der Waals surface area contributed by atoms with Gasteiger partial charge < -0.3 is 0 Å². The van der Waals surface area contributed by atoms with Gasteiger partial charge in [0.25, 0.3) is 0 Å². The Balaban J connectivity index is 1.70. The zero-order chi connectivity index (χ0) is 20.1. The molecular formula is C26H13N3S2. The van der Waals surface area contributed by atoms with Gasteiger partial charge in [0.05, 0.1) is 11.0 Å². The summed E-state index contributed by atoms with van der Waals surface area (Å²) in [5.41, 5.74) is 3.14. The van der Waals surface area contributed by atoms with E-state index in [0.717, 1.165) is 22.1 Å². The Kier molecular flexibility index (Phi) is 2.91. The molecule has 8 aromatic rings. The van der Waals surface area contributed by atoms with Crippen molar-refractivity contribution in [2.45, 2.75) is 0 Å². The van der Waals surface area contributed by atoms with Gasteiger partial charge in [0.2, 0.25) is 0 Å². The standard InChI is InChI=1S/C26H13N3S2/c1-2-6-18-14(4-1)21-19(30-18)9-10-20-22(21)15-7-8-17-23(25(15)31-20)24-16(5-3-11-27-24)26-28-12-13-29(17)26/h1-13H. The molecule has 0 spiro atoms. The smallest absolute Gasteiger partial charge is 0.146 e. The Morgan fingerprint density at radius 1 is 0.613 bits per heavy atom. The van der Waals surface area contributed by atoms with Crippen molar-refractivity contribution in [3.63, 3.8) is 0 Å². The molecule has 3 nitrogen and oxygen atoms in total. The Morgan fingerprint density at radius 3 is 2.42 bits per heavy atom. The number of pyridine rings is 2. The highest BCUT2D eigenvalue weighted by Gasteiger charge is 2.18. The fourth-order valence-electron chi connectivity index (χ4n) is 5.05. The lowest BCUT2D eigenvalue weighted by Crippen LogP contribution is -1.92. The summed E-state index contributed by atoms with van der Waals surface area (Å²) in [6.45, 7) is 0. The van der Waals surface area contributed by atoms with Crippen LogP contribution in [0.2, 0.25) is 0 Å². The number of nitrogens with zero attached hydrogens (tertiary/aromatic N) is 3. The molecule has 0 saturated carbocycles. The molecule has 5 heterocycles. The van der Waals surface area contributed by atoms with Gasteiger partial charge in [0, 0.05) is 69.7 Å². The summed E-state index contributed by atoms with van der Waals surface area (Å²) in [4.78, 5) is 9.43. The molecule has 0 aliphatic rings. The van der Waals surface area contributed by atoms with E-state index in [-0.39, 0.29) is 0 Å². The predicted molar refractivity (Wildman–Crippen MR) is 134 cm³/mol. The van der Waals surface area contributed by atoms with Crippen LogP contribution in [0.4, 0.5) is 0 Å². The van der Waals surface area contributed by atoms with Crippen LogP contribution < -0.4 is 0 Å². The first kappa shape index (κ1) is 16.2. The van der Waals surface area contributed by atoms with E-state index in [1.54, 1.807) is 0 Å². The summed E-state index contributed by atoms with van der Waals surface area (Å²) in [6, 6.07) is 22.0. The molecule has 5 aromatic heterocycles. The quantitative estimate of drug-likeness (QED) is 0.230. The highest BCUT2D eigenvalue weighted by atomic mass is 32.1. The highest BCUT2D eigenvalue weighted by molar-refractivity contribution is 7.28. The first-order valence-electron chi connectivity index (χ1n) is 10.2. The Bertz CT molecular complexity index is 2010. The van der Waals surface area contributed by atoms with Crippen molar-refractivity contribution < 1.29 is 0 Å². The maximum absolute atomic E-state index is 4.82. The third kappa shape index (κ3) is 1.93. The normalized spacial score (nSPS) is 12.5. The summed E-state index contributed by atoms with van der Waals surface area (Å²) in [7, 11) is 0. The van der Waals surface area contributed by atoms with Gasteiger partial charge in [-0.05, 0) is 36.4 Å². The minimum atomic E-state index is 0.960. The summed E-state index contributed by atoms with van der Waals surface area (Å²) < 4.78 is 7.51. The van der Waals surface area contributed by atoms with E-state index < -0.39 is 0 Å². The summed E-state index contributed by atoms with van der Waals surface area (Å²) in [5.74, 6) is 0. The molecule has 144 valence electrons. The molecule has 3 aromatic carbocycles. The third-order valence-corrected chi connectivity index (χ3v) is 8.63. The second-order valence-corrected chi connectivity index (χ2v) is 10.0. The van der Waals surface area contributed by atoms with Crippen LogP contribution in [-0.4, -0.2) is 14.4 Å². The molecule has 0 saturated heterocycles. The summed E-state index contributed by atoms with van der Waals surface area (Å²) in [5, 5.41) is 7.72. The lowest BCUT2D eigenvalue weighted by Gasteiger charge is -2.08. The van der Waals surface area contributed by atoms with Gasteiger partial charge in [-0.2, -0.15) is 0 Å². The number of hydrogen-bond acceptors (Lipinski definition) is 4. The number of imidazole rings is 1. The minimum Gasteiger partial charge on any atom is -0.299 e. The van der Waals surface area contributed by atoms with Gasteiger partial charge in [-0.15, -0.1) is 22.7 Å². The van der Waals surface area contributed by atoms with Crippen LogP contribution in [0.3, 0.4) is 0 Å². The van der Waals surface area contributed by atoms with Crippen LogP contribution in [0.1, 0.15) is 0 Å². The van der Waals surface area contributed by atoms with E-state index in [1.165, 1.54) is 45.7 Å². The molecule has 0 fully saturated rings. The van der Waals surface area contributed by atoms with Gasteiger partial charge in [0.15, 0.2) is 0 Å². The summed E-state index contributed by atoms with van der Waals surface area (Å²) >= 11 is 3.75. The van der Waals surface area contributed by atoms with Crippen molar-refractivity contribution in [1.29, 1.82) is 0 Å². The first-order valence-corrected chi connectivity index (χ1v) is 11.8. The second-order valence-electron chi connectivity index (χ2n) is 7.87. The Hall–Kier alpha value is -3.54. The minimum absolute atomic E-state index is 0.960. The second kappa shape index (κ2) is 5.58. The predicted octanol–water partition coefficient (Wildman–Crippen LogP) is 7.77. The molecule has 31 heavy (non-hydrogen) atoms. The molecule has 5 heteroatoms. The SMILES string of the molecule is c1ccc2c(c1)sc1ccc3sc4c(ccc5c4c4ncccc4c4nccn54)c3c12. The topological polar surface area (TPSA) is 30.2 Å². The van der Waals surface area contributed by atoms with Gasteiger partial charge >= 0.3 is 0 Å². The van der Waals surface area contributed by atoms with E-state index in [9.17, 15) is 0 Å². The van der Waals surface area contributed by atoms with Gasteiger partial charge in [-0.1, -0.05) is 24.3 Å². The van der Waals surface area contributed by atoms with Gasteiger partial charge in [-0.3, -0.25) is 9.38 Å². The Morgan fingerprint density at radius 2 is 1.45 bits per heavy atom. The van der Waals surface area contributed by atoms with Crippen molar-refractivity contribution in [2.75, 3.05) is 0 Å². The van der Waals surface area contributed by atoms with Crippen molar-refractivity contribution in [2.24, 2.45) is 0 Å². The van der Waals surface area contributed by atoms with E-state index in [4.69, 9.17) is 4.98 Å². The molecule has 0 aliphatic heterocycles. The monoisotopic (exact) mass is 431 g/mol. The number of rotatable bonds is 0. The van der Waals surface area contributed by atoms with Crippen LogP contribution in [0.5, 0.6) is 0 Å². The number of hydrogen-bond donors (Lipinski definition) is 0. The molecular weight excluding hydrogens is 418 g/mol. The maximum Gasteiger partial charge on any atom is 0.146 e. The number of aromatic nitrogens is 3. The average molecular weight is 432 g/mol. The lowest BCUT2D eigenvalue weighted by molar-refractivity contribution is 1.27. The molecule has 0 aliphatic carbocycles. The molecule has 0 radical (unpaired) electrons. The van der Waals surface area contributed by atoms with Crippen LogP contribution in [0.15, 0.2) is 79.3 Å². The third-order valence-electron chi connectivity index (χ3n) is 6.31. The zero-order valence-electron chi connectivity index (χ0n) is 16.2. The first-order chi connectivity index (χ1) is 15.4. The molecule has 0 N–H and O–H groups in total. The average Bonchev–Trinajstić information content (AvgIpc) is 3.53. The number of thiophene rings is 2. The molecule has 0 unspecified atom stereocenters. The van der Waals surface area contributed by atoms with E-state index in [2.05, 4.69) is 64.0 Å². The maximum atomic E-state index is 4.82. The van der Waals surface area contributed by atoms with Crippen molar-refractivity contribution in [3.05, 3.63) is 79.3 Å². The zero-order valence-corrected chi connectivity index (χ0v) is 17.8. The fraction of sp³-hybridized carbons (Fsp3) is 0. The number of fused-ring (bicyclic) bond motifs is 14. The van der Waals surface area contributed by atoms with Crippen molar-refractivity contribution >= 4 is 90.5 Å². The van der Waals surface area contributed by atoms with Crippen LogP contribution in [0, 0.1) is 0 Å². The largest absolute Gasteiger partial charge is 0.299 e. The van der Waals surface area contributed by atoms with E-state index >= 15 is 0 Å². The van der Waals surface area contributed by atoms with Crippen LogP contribution in [0.25, 0.3) is 67.8 Å². The highest BCUT2D eigenvalue weighted by Crippen LogP contribution is 2.47. The lowest BCUT2D eigenvalue weighted by atomic mass is 10.0. The fourth-order valence-corrected chi connectivity index (χ4v) is 7.41. The van der Waals surface area contributed by atoms with Crippen molar-refractivity contribution in [3.8, 4) is 0 Å². The van der Waals surface area contributed by atoms with Crippen LogP contribution in [-0.2, 0) is 0 Å². The molecule has 0 amide bonds. The summed E-state index contributed by atoms with van der Waals surface area (Å²) in [6.07, 6.45) is 5.81. The van der Waals surface area contributed by atoms with Gasteiger partial charge in [-0.25, -0.2) is 4.98 Å². The Labute approximate surface area is 183 Å². The van der Waals surface area contributed by atoms with Gasteiger partial charge in [0.1, 0.15) is 5.65 Å². The number of benzene rings is 3. The molecule has 0 bridgehead atoms. The van der Waals surface area contributed by atoms with Crippen LogP contribution >= 0.6 is 22.7 Å². The van der Waals surface area contributed by atoms with Crippen molar-refractivity contribution in [1.82, 2.24) is 14.4 Å². The molecule has 8 rings (SSSR count). The van der Waals surface area contributed by atoms with E-state index in [0.29, 0.717) is 0 Å². The van der Waals surface area contributed by atoms with E-state index in [1.807, 2.05) is 47.3 Å². The molecule has 0 atom stereocenters.